The number of benzene rings is 1. The molecule has 1 unspecified atom stereocenters. The second kappa shape index (κ2) is 4.85. The fourth-order valence-electron chi connectivity index (χ4n) is 3.66. The number of H-pyrrole nitrogens is 1. The van der Waals surface area contributed by atoms with Crippen molar-refractivity contribution < 1.29 is 19.1 Å². The number of carbonyl (C=O) groups excluding carboxylic acids is 2. The van der Waals surface area contributed by atoms with Crippen LogP contribution in [0.2, 0.25) is 0 Å². The molecule has 1 aromatic heterocycles. The molecule has 1 atom stereocenters. The normalized spacial score (nSPS) is 20.8. The van der Waals surface area contributed by atoms with Crippen molar-refractivity contribution in [3.8, 4) is 5.88 Å². The Kier molecular flexibility index (Phi) is 2.96. The first-order valence-electron chi connectivity index (χ1n) is 7.65. The number of anilines is 1. The van der Waals surface area contributed by atoms with Gasteiger partial charge in [-0.2, -0.15) is 0 Å². The zero-order valence-corrected chi connectivity index (χ0v) is 13.9. The van der Waals surface area contributed by atoms with Gasteiger partial charge in [0.05, 0.1) is 12.7 Å². The van der Waals surface area contributed by atoms with Gasteiger partial charge in [-0.05, 0) is 19.9 Å². The van der Waals surface area contributed by atoms with E-state index in [0.717, 1.165) is 5.56 Å². The Morgan fingerprint density at radius 3 is 2.84 bits per heavy atom. The predicted octanol–water partition coefficient (Wildman–Crippen LogP) is 1.00. The van der Waals surface area contributed by atoms with E-state index in [1.54, 1.807) is 13.0 Å². The molecule has 2 aliphatic heterocycles. The second-order valence-electron chi connectivity index (χ2n) is 6.11. The fourth-order valence-corrected chi connectivity index (χ4v) is 3.66. The lowest BCUT2D eigenvalue weighted by molar-refractivity contribution is -0.138. The first kappa shape index (κ1) is 15.3. The van der Waals surface area contributed by atoms with E-state index in [-0.39, 0.29) is 17.3 Å². The molecule has 8 heteroatoms. The van der Waals surface area contributed by atoms with E-state index in [2.05, 4.69) is 15.5 Å². The van der Waals surface area contributed by atoms with Gasteiger partial charge in [0.2, 0.25) is 17.7 Å². The number of nitrogens with one attached hydrogen (secondary N) is 2. The van der Waals surface area contributed by atoms with E-state index < -0.39 is 17.3 Å². The minimum atomic E-state index is -1.47. The monoisotopic (exact) mass is 340 g/mol. The molecule has 0 saturated carbocycles. The molecule has 4 rings (SSSR count). The summed E-state index contributed by atoms with van der Waals surface area (Å²) in [5.74, 6) is -1.15. The van der Waals surface area contributed by atoms with Gasteiger partial charge in [0.15, 0.2) is 0 Å². The lowest BCUT2D eigenvalue weighted by Gasteiger charge is -2.33. The molecule has 0 saturated heterocycles. The zero-order valence-electron chi connectivity index (χ0n) is 13.9. The largest absolute Gasteiger partial charge is 0.465 e. The van der Waals surface area contributed by atoms with Crippen LogP contribution in [0.5, 0.6) is 5.88 Å². The van der Waals surface area contributed by atoms with E-state index in [0.29, 0.717) is 22.5 Å². The van der Waals surface area contributed by atoms with Gasteiger partial charge in [0.25, 0.3) is 0 Å². The van der Waals surface area contributed by atoms with Crippen LogP contribution in [0, 0.1) is 13.8 Å². The molecule has 1 aromatic carbocycles. The summed E-state index contributed by atoms with van der Waals surface area (Å²) >= 11 is 0. The molecule has 2 aliphatic rings. The standard InChI is InChI=1S/C17H16N4O4/c1-7-4-5-10-9(6-7)17(16(23)19-10)11-8(2)20-21-14(11)25-13(18)12(17)15(22)24-3/h4-6H,18H2,1-3H3,(H,19,23)(H,20,21). The van der Waals surface area contributed by atoms with Crippen LogP contribution < -0.4 is 15.8 Å². The van der Waals surface area contributed by atoms with Gasteiger partial charge in [-0.3, -0.25) is 9.89 Å². The third kappa shape index (κ3) is 1.73. The van der Waals surface area contributed by atoms with Gasteiger partial charge in [0.1, 0.15) is 11.0 Å². The molecule has 2 aromatic rings. The maximum Gasteiger partial charge on any atom is 0.340 e. The lowest BCUT2D eigenvalue weighted by atomic mass is 9.68. The second-order valence-corrected chi connectivity index (χ2v) is 6.11. The summed E-state index contributed by atoms with van der Waals surface area (Å²) < 4.78 is 10.4. The highest BCUT2D eigenvalue weighted by atomic mass is 16.5. The summed E-state index contributed by atoms with van der Waals surface area (Å²) in [5.41, 5.74) is 7.73. The van der Waals surface area contributed by atoms with Crippen LogP contribution >= 0.6 is 0 Å². The summed E-state index contributed by atoms with van der Waals surface area (Å²) in [5, 5.41) is 9.73. The number of rotatable bonds is 1. The Morgan fingerprint density at radius 1 is 1.36 bits per heavy atom. The molecule has 4 N–H and O–H groups in total. The van der Waals surface area contributed by atoms with Crippen molar-refractivity contribution in [2.45, 2.75) is 19.3 Å². The molecule has 1 amide bonds. The average Bonchev–Trinajstić information content (AvgIpc) is 3.07. The number of aromatic amines is 1. The summed E-state index contributed by atoms with van der Waals surface area (Å²) in [4.78, 5) is 25.8. The number of hydrogen-bond acceptors (Lipinski definition) is 6. The molecule has 0 fully saturated rings. The zero-order chi connectivity index (χ0) is 17.9. The molecule has 8 nitrogen and oxygen atoms in total. The SMILES string of the molecule is COC(=O)C1=C(N)Oc2n[nH]c(C)c2C12C(=O)Nc1ccc(C)cc12. The Morgan fingerprint density at radius 2 is 2.12 bits per heavy atom. The maximum atomic E-state index is 13.2. The average molecular weight is 340 g/mol. The molecule has 1 spiro atoms. The van der Waals surface area contributed by atoms with E-state index in [4.69, 9.17) is 15.2 Å². The molecule has 128 valence electrons. The summed E-state index contributed by atoms with van der Waals surface area (Å²) in [6.07, 6.45) is 0. The number of nitrogens with two attached hydrogens (primary N) is 1. The highest BCUT2D eigenvalue weighted by Gasteiger charge is 2.60. The Balaban J connectivity index is 2.16. The van der Waals surface area contributed by atoms with Crippen molar-refractivity contribution >= 4 is 17.6 Å². The number of aryl methyl sites for hydroxylation is 2. The minimum absolute atomic E-state index is 0.0474. The van der Waals surface area contributed by atoms with Crippen molar-refractivity contribution in [3.05, 3.63) is 52.0 Å². The molecule has 0 radical (unpaired) electrons. The summed E-state index contributed by atoms with van der Waals surface area (Å²) in [7, 11) is 1.23. The van der Waals surface area contributed by atoms with Gasteiger partial charge in [0, 0.05) is 16.9 Å². The van der Waals surface area contributed by atoms with E-state index in [1.807, 2.05) is 19.1 Å². The minimum Gasteiger partial charge on any atom is -0.465 e. The van der Waals surface area contributed by atoms with Crippen molar-refractivity contribution in [1.82, 2.24) is 10.2 Å². The topological polar surface area (TPSA) is 119 Å². The molecular formula is C17H16N4O4. The Hall–Kier alpha value is -3.29. The van der Waals surface area contributed by atoms with Gasteiger partial charge in [-0.1, -0.05) is 17.7 Å². The Labute approximate surface area is 143 Å². The number of carbonyl (C=O) groups is 2. The van der Waals surface area contributed by atoms with Crippen LogP contribution in [-0.4, -0.2) is 29.2 Å². The quantitative estimate of drug-likeness (QED) is 0.666. The third-order valence-corrected chi connectivity index (χ3v) is 4.67. The van der Waals surface area contributed by atoms with Gasteiger partial charge >= 0.3 is 5.97 Å². The van der Waals surface area contributed by atoms with Crippen LogP contribution in [0.25, 0.3) is 0 Å². The third-order valence-electron chi connectivity index (χ3n) is 4.67. The van der Waals surface area contributed by atoms with E-state index >= 15 is 0 Å². The van der Waals surface area contributed by atoms with Gasteiger partial charge in [-0.15, -0.1) is 5.10 Å². The number of methoxy groups -OCH3 is 1. The number of esters is 1. The van der Waals surface area contributed by atoms with Crippen molar-refractivity contribution in [1.29, 1.82) is 0 Å². The number of fused-ring (bicyclic) bond motifs is 4. The predicted molar refractivity (Wildman–Crippen MR) is 87.8 cm³/mol. The van der Waals surface area contributed by atoms with Crippen LogP contribution in [0.1, 0.15) is 22.4 Å². The fraction of sp³-hybridized carbons (Fsp3) is 0.235. The number of ether oxygens (including phenoxy) is 2. The number of amides is 1. The van der Waals surface area contributed by atoms with Crippen LogP contribution in [0.15, 0.2) is 29.7 Å². The first-order valence-corrected chi connectivity index (χ1v) is 7.65. The number of hydrogen-bond donors (Lipinski definition) is 3. The Bertz CT molecular complexity index is 975. The van der Waals surface area contributed by atoms with Crippen molar-refractivity contribution in [3.63, 3.8) is 0 Å². The van der Waals surface area contributed by atoms with Crippen LogP contribution in [0.4, 0.5) is 5.69 Å². The highest BCUT2D eigenvalue weighted by Crippen LogP contribution is 2.54. The van der Waals surface area contributed by atoms with Gasteiger partial charge in [-0.25, -0.2) is 4.79 Å². The first-order chi connectivity index (χ1) is 11.9. The summed E-state index contributed by atoms with van der Waals surface area (Å²) in [6.45, 7) is 3.67. The number of nitrogens with zero attached hydrogens (tertiary/aromatic N) is 1. The molecule has 25 heavy (non-hydrogen) atoms. The molecule has 3 heterocycles. The van der Waals surface area contributed by atoms with E-state index in [1.165, 1.54) is 7.11 Å². The van der Waals surface area contributed by atoms with Crippen LogP contribution in [-0.2, 0) is 19.7 Å². The van der Waals surface area contributed by atoms with Crippen molar-refractivity contribution in [2.75, 3.05) is 12.4 Å². The van der Waals surface area contributed by atoms with Crippen molar-refractivity contribution in [2.24, 2.45) is 5.73 Å². The smallest absolute Gasteiger partial charge is 0.340 e. The molecule has 0 bridgehead atoms. The number of aromatic nitrogens is 2. The van der Waals surface area contributed by atoms with E-state index in [9.17, 15) is 9.59 Å². The highest BCUT2D eigenvalue weighted by molar-refractivity contribution is 6.17. The van der Waals surface area contributed by atoms with Crippen LogP contribution in [0.3, 0.4) is 0 Å². The molecular weight excluding hydrogens is 324 g/mol. The summed E-state index contributed by atoms with van der Waals surface area (Å²) in [6, 6.07) is 5.53. The molecule has 0 aliphatic carbocycles. The maximum absolute atomic E-state index is 13.2. The lowest BCUT2D eigenvalue weighted by Crippen LogP contribution is -2.45. The van der Waals surface area contributed by atoms with Gasteiger partial charge < -0.3 is 20.5 Å².